The quantitative estimate of drug-likeness (QED) is 0.657. The molecule has 0 saturated heterocycles. The van der Waals surface area contributed by atoms with Gasteiger partial charge in [0.15, 0.2) is 0 Å². The minimum Gasteiger partial charge on any atom is -0.352 e. The summed E-state index contributed by atoms with van der Waals surface area (Å²) in [5.74, 6) is -0.125. The number of benzene rings is 1. The Morgan fingerprint density at radius 2 is 2.00 bits per heavy atom. The average Bonchev–Trinajstić information content (AvgIpc) is 2.52. The normalized spacial score (nSPS) is 10.8. The Morgan fingerprint density at radius 1 is 1.23 bits per heavy atom. The molecule has 0 atom stereocenters. The lowest BCUT2D eigenvalue weighted by Gasteiger charge is -2.06. The fourth-order valence-electron chi connectivity index (χ4n) is 2.05. The fraction of sp³-hybridized carbons (Fsp3) is 0.222. The summed E-state index contributed by atoms with van der Waals surface area (Å²) >= 11 is 0. The number of nitrogens with one attached hydrogen (secondary N) is 1. The summed E-state index contributed by atoms with van der Waals surface area (Å²) < 4.78 is 1.65. The maximum Gasteiger partial charge on any atom is 0.250 e. The van der Waals surface area contributed by atoms with E-state index in [1.54, 1.807) is 22.9 Å². The van der Waals surface area contributed by atoms with Gasteiger partial charge in [-0.3, -0.25) is 9.59 Å². The van der Waals surface area contributed by atoms with Crippen LogP contribution < -0.4 is 10.9 Å². The number of aromatic nitrogens is 1. The van der Waals surface area contributed by atoms with Gasteiger partial charge in [-0.05, 0) is 36.6 Å². The van der Waals surface area contributed by atoms with E-state index < -0.39 is 0 Å². The van der Waals surface area contributed by atoms with E-state index in [4.69, 9.17) is 0 Å². The number of carbonyl (C=O) groups is 1. The number of aryl methyl sites for hydroxylation is 2. The maximum atomic E-state index is 11.7. The lowest BCUT2D eigenvalue weighted by molar-refractivity contribution is -0.116. The number of amides is 1. The third-order valence-electron chi connectivity index (χ3n) is 3.25. The van der Waals surface area contributed by atoms with Crippen LogP contribution in [0, 0.1) is 6.92 Å². The molecule has 0 fully saturated rings. The van der Waals surface area contributed by atoms with E-state index in [1.807, 2.05) is 43.3 Å². The van der Waals surface area contributed by atoms with Gasteiger partial charge in [0, 0.05) is 31.4 Å². The van der Waals surface area contributed by atoms with Gasteiger partial charge in [-0.15, -0.1) is 0 Å². The van der Waals surface area contributed by atoms with Gasteiger partial charge in [0.25, 0.3) is 5.56 Å². The number of hydrogen-bond donors (Lipinski definition) is 1. The van der Waals surface area contributed by atoms with Crippen LogP contribution in [0.3, 0.4) is 0 Å². The van der Waals surface area contributed by atoms with E-state index >= 15 is 0 Å². The van der Waals surface area contributed by atoms with Gasteiger partial charge < -0.3 is 9.88 Å². The summed E-state index contributed by atoms with van der Waals surface area (Å²) in [6.45, 7) is 3.03. The molecule has 1 heterocycles. The van der Waals surface area contributed by atoms with Crippen molar-refractivity contribution in [1.29, 1.82) is 0 Å². The van der Waals surface area contributed by atoms with Crippen molar-refractivity contribution in [3.8, 4) is 0 Å². The van der Waals surface area contributed by atoms with Gasteiger partial charge in [-0.25, -0.2) is 0 Å². The molecule has 1 N–H and O–H groups in total. The Bertz CT molecular complexity index is 703. The van der Waals surface area contributed by atoms with E-state index in [2.05, 4.69) is 5.32 Å². The van der Waals surface area contributed by atoms with Crippen LogP contribution in [0.1, 0.15) is 17.5 Å². The number of rotatable bonds is 6. The molecule has 0 spiro atoms. The second-order valence-corrected chi connectivity index (χ2v) is 5.12. The van der Waals surface area contributed by atoms with Crippen LogP contribution in [0.25, 0.3) is 6.08 Å². The molecule has 4 nitrogen and oxygen atoms in total. The molecule has 0 unspecified atom stereocenters. The summed E-state index contributed by atoms with van der Waals surface area (Å²) in [6.07, 6.45) is 5.80. The molecule has 0 saturated carbocycles. The molecule has 1 amide bonds. The summed E-state index contributed by atoms with van der Waals surface area (Å²) in [5.41, 5.74) is 1.94. The largest absolute Gasteiger partial charge is 0.352 e. The first-order valence-electron chi connectivity index (χ1n) is 7.33. The van der Waals surface area contributed by atoms with Crippen LogP contribution in [0.15, 0.2) is 59.5 Å². The first-order valence-corrected chi connectivity index (χ1v) is 7.33. The van der Waals surface area contributed by atoms with Crippen molar-refractivity contribution in [2.45, 2.75) is 19.9 Å². The van der Waals surface area contributed by atoms with Gasteiger partial charge in [0.2, 0.25) is 5.91 Å². The number of pyridine rings is 1. The molecule has 22 heavy (non-hydrogen) atoms. The Kier molecular flexibility index (Phi) is 5.72. The smallest absolute Gasteiger partial charge is 0.250 e. The molecule has 0 aliphatic rings. The molecule has 0 bridgehead atoms. The van der Waals surface area contributed by atoms with Crippen LogP contribution in [0.5, 0.6) is 0 Å². The SMILES string of the molecule is Cc1ccn(CCCNC(=O)/C=C/c2ccccc2)c(=O)c1. The molecular weight excluding hydrogens is 276 g/mol. The van der Waals surface area contributed by atoms with Crippen molar-refractivity contribution in [3.05, 3.63) is 76.2 Å². The molecular formula is C18H20N2O2. The second kappa shape index (κ2) is 7.98. The van der Waals surface area contributed by atoms with E-state index in [1.165, 1.54) is 6.08 Å². The van der Waals surface area contributed by atoms with Gasteiger partial charge in [-0.1, -0.05) is 30.3 Å². The lowest BCUT2D eigenvalue weighted by Crippen LogP contribution is -2.25. The highest BCUT2D eigenvalue weighted by Gasteiger charge is 1.98. The lowest BCUT2D eigenvalue weighted by atomic mass is 10.2. The fourth-order valence-corrected chi connectivity index (χ4v) is 2.05. The Balaban J connectivity index is 1.73. The van der Waals surface area contributed by atoms with Crippen LogP contribution in [-0.4, -0.2) is 17.0 Å². The summed E-state index contributed by atoms with van der Waals surface area (Å²) in [5, 5.41) is 2.81. The van der Waals surface area contributed by atoms with Gasteiger partial charge in [-0.2, -0.15) is 0 Å². The minimum absolute atomic E-state index is 0.00435. The number of nitrogens with zero attached hydrogens (tertiary/aromatic N) is 1. The molecule has 0 aliphatic carbocycles. The highest BCUT2D eigenvalue weighted by Crippen LogP contribution is 2.00. The molecule has 4 heteroatoms. The first kappa shape index (κ1) is 15.8. The molecule has 1 aromatic heterocycles. The third kappa shape index (κ3) is 5.05. The molecule has 2 aromatic rings. The van der Waals surface area contributed by atoms with E-state index in [-0.39, 0.29) is 11.5 Å². The van der Waals surface area contributed by atoms with E-state index in [9.17, 15) is 9.59 Å². The molecule has 114 valence electrons. The molecule has 2 rings (SSSR count). The standard InChI is InChI=1S/C18H20N2O2/c1-15-10-13-20(18(22)14-15)12-5-11-19-17(21)9-8-16-6-3-2-4-7-16/h2-4,6-10,13-14H,5,11-12H2,1H3,(H,19,21)/b9-8+. The zero-order chi connectivity index (χ0) is 15.8. The molecule has 0 aliphatic heterocycles. The first-order chi connectivity index (χ1) is 10.6. The zero-order valence-corrected chi connectivity index (χ0v) is 12.7. The predicted octanol–water partition coefficient (Wildman–Crippen LogP) is 2.38. The summed E-state index contributed by atoms with van der Waals surface area (Å²) in [6, 6.07) is 13.2. The maximum absolute atomic E-state index is 11.7. The Hall–Kier alpha value is -2.62. The van der Waals surface area contributed by atoms with Crippen LogP contribution >= 0.6 is 0 Å². The highest BCUT2D eigenvalue weighted by atomic mass is 16.1. The predicted molar refractivity (Wildman–Crippen MR) is 88.5 cm³/mol. The monoisotopic (exact) mass is 296 g/mol. The number of carbonyl (C=O) groups excluding carboxylic acids is 1. The topological polar surface area (TPSA) is 51.1 Å². The van der Waals surface area contributed by atoms with Crippen molar-refractivity contribution in [1.82, 2.24) is 9.88 Å². The summed E-state index contributed by atoms with van der Waals surface area (Å²) in [7, 11) is 0. The zero-order valence-electron chi connectivity index (χ0n) is 12.7. The van der Waals surface area contributed by atoms with E-state index in [0.29, 0.717) is 19.5 Å². The van der Waals surface area contributed by atoms with Crippen LogP contribution in [0.2, 0.25) is 0 Å². The average molecular weight is 296 g/mol. The number of hydrogen-bond acceptors (Lipinski definition) is 2. The molecule has 0 radical (unpaired) electrons. The van der Waals surface area contributed by atoms with Crippen LogP contribution in [0.4, 0.5) is 0 Å². The second-order valence-electron chi connectivity index (χ2n) is 5.12. The van der Waals surface area contributed by atoms with Gasteiger partial charge >= 0.3 is 0 Å². The van der Waals surface area contributed by atoms with Crippen molar-refractivity contribution in [3.63, 3.8) is 0 Å². The van der Waals surface area contributed by atoms with Crippen molar-refractivity contribution in [2.24, 2.45) is 0 Å². The summed E-state index contributed by atoms with van der Waals surface area (Å²) in [4.78, 5) is 23.4. The van der Waals surface area contributed by atoms with Crippen molar-refractivity contribution in [2.75, 3.05) is 6.54 Å². The van der Waals surface area contributed by atoms with Crippen molar-refractivity contribution < 1.29 is 4.79 Å². The Labute approximate surface area is 130 Å². The van der Waals surface area contributed by atoms with Gasteiger partial charge in [0.1, 0.15) is 0 Å². The highest BCUT2D eigenvalue weighted by molar-refractivity contribution is 5.91. The van der Waals surface area contributed by atoms with E-state index in [0.717, 1.165) is 11.1 Å². The van der Waals surface area contributed by atoms with Gasteiger partial charge in [0.05, 0.1) is 0 Å². The molecule has 1 aromatic carbocycles. The van der Waals surface area contributed by atoms with Crippen LogP contribution in [-0.2, 0) is 11.3 Å². The van der Waals surface area contributed by atoms with Crippen molar-refractivity contribution >= 4 is 12.0 Å². The minimum atomic E-state index is -0.125. The Morgan fingerprint density at radius 3 is 2.73 bits per heavy atom. The third-order valence-corrected chi connectivity index (χ3v) is 3.25.